The second-order valence-corrected chi connectivity index (χ2v) is 7.22. The highest BCUT2D eigenvalue weighted by Gasteiger charge is 2.34. The molecule has 1 N–H and O–H groups in total. The average Bonchev–Trinajstić information content (AvgIpc) is 3.29. The number of nitrogens with one attached hydrogen (secondary N) is 1. The van der Waals surface area contributed by atoms with Gasteiger partial charge in [0.2, 0.25) is 5.91 Å². The minimum atomic E-state index is -4.46. The number of rotatable bonds is 4. The second-order valence-electron chi connectivity index (χ2n) is 6.79. The molecule has 5 nitrogen and oxygen atoms in total. The Balaban J connectivity index is 1.57. The fraction of sp³-hybridized carbons (Fsp3) is 0.250. The van der Waals surface area contributed by atoms with Gasteiger partial charge in [0, 0.05) is 23.6 Å². The quantitative estimate of drug-likeness (QED) is 0.679. The van der Waals surface area contributed by atoms with Crippen LogP contribution in [0.3, 0.4) is 0 Å². The fourth-order valence-corrected chi connectivity index (χ4v) is 3.53. The van der Waals surface area contributed by atoms with Crippen molar-refractivity contribution in [2.24, 2.45) is 0 Å². The molecule has 2 heterocycles. The van der Waals surface area contributed by atoms with Crippen molar-refractivity contribution < 1.29 is 18.0 Å². The van der Waals surface area contributed by atoms with Crippen molar-refractivity contribution >= 4 is 17.5 Å². The first-order valence-corrected chi connectivity index (χ1v) is 9.34. The number of fused-ring (bicyclic) bond motifs is 1. The number of carbonyl (C=O) groups excluding carboxylic acids is 1. The summed E-state index contributed by atoms with van der Waals surface area (Å²) in [5.74, 6) is 0.617. The average molecular weight is 421 g/mol. The zero-order valence-corrected chi connectivity index (χ0v) is 15.8. The van der Waals surface area contributed by atoms with Crippen molar-refractivity contribution in [2.45, 2.75) is 31.6 Å². The summed E-state index contributed by atoms with van der Waals surface area (Å²) in [6.07, 6.45) is -3.41. The van der Waals surface area contributed by atoms with E-state index in [9.17, 15) is 18.0 Å². The molecule has 1 aliphatic rings. The summed E-state index contributed by atoms with van der Waals surface area (Å²) in [4.78, 5) is 12.8. The van der Waals surface area contributed by atoms with E-state index in [1.165, 1.54) is 12.1 Å². The van der Waals surface area contributed by atoms with Gasteiger partial charge in [-0.15, -0.1) is 10.2 Å². The third-order valence-electron chi connectivity index (χ3n) is 4.85. The maximum Gasteiger partial charge on any atom is 0.416 e. The summed E-state index contributed by atoms with van der Waals surface area (Å²) in [7, 11) is 0. The van der Waals surface area contributed by atoms with Crippen LogP contribution in [0, 0.1) is 0 Å². The van der Waals surface area contributed by atoms with Crippen LogP contribution in [0.1, 0.15) is 29.4 Å². The van der Waals surface area contributed by atoms with Crippen LogP contribution in [0.2, 0.25) is 5.02 Å². The van der Waals surface area contributed by atoms with Crippen molar-refractivity contribution in [3.63, 3.8) is 0 Å². The number of hydrogen-bond acceptors (Lipinski definition) is 3. The van der Waals surface area contributed by atoms with E-state index in [0.29, 0.717) is 30.2 Å². The molecule has 29 heavy (non-hydrogen) atoms. The van der Waals surface area contributed by atoms with Gasteiger partial charge in [-0.2, -0.15) is 13.2 Å². The molecule has 150 valence electrons. The number of aryl methyl sites for hydroxylation is 1. The molecule has 0 saturated carbocycles. The molecule has 0 radical (unpaired) electrons. The lowest BCUT2D eigenvalue weighted by molar-refractivity contribution is -0.137. The first kappa shape index (κ1) is 19.4. The lowest BCUT2D eigenvalue weighted by atomic mass is 10.1. The standard InChI is InChI=1S/C20H16ClF3N4O/c21-15-6-4-12(5-7-15)11-25-19(29)16-8-9-17-26-27-18(28(16)17)13-2-1-3-14(10-13)20(22,23)24/h1-7,10,16H,8-9,11H2,(H,25,29). The lowest BCUT2D eigenvalue weighted by Gasteiger charge is -2.16. The molecule has 0 bridgehead atoms. The number of carbonyl (C=O) groups is 1. The molecule has 1 unspecified atom stereocenters. The van der Waals surface area contributed by atoms with Gasteiger partial charge in [0.25, 0.3) is 0 Å². The van der Waals surface area contributed by atoms with Gasteiger partial charge in [-0.3, -0.25) is 9.36 Å². The van der Waals surface area contributed by atoms with E-state index in [1.54, 1.807) is 16.7 Å². The normalized spacial score (nSPS) is 15.9. The first-order chi connectivity index (χ1) is 13.8. The van der Waals surface area contributed by atoms with Crippen LogP contribution in [0.5, 0.6) is 0 Å². The van der Waals surface area contributed by atoms with E-state index >= 15 is 0 Å². The van der Waals surface area contributed by atoms with Crippen LogP contribution in [-0.2, 0) is 23.9 Å². The Morgan fingerprint density at radius 1 is 1.17 bits per heavy atom. The maximum atomic E-state index is 13.1. The van der Waals surface area contributed by atoms with Crippen LogP contribution in [0.4, 0.5) is 13.2 Å². The van der Waals surface area contributed by atoms with Crippen molar-refractivity contribution in [1.29, 1.82) is 0 Å². The molecule has 4 rings (SSSR count). The number of alkyl halides is 3. The van der Waals surface area contributed by atoms with E-state index in [1.807, 2.05) is 12.1 Å². The monoisotopic (exact) mass is 420 g/mol. The SMILES string of the molecule is O=C(NCc1ccc(Cl)cc1)C1CCc2nnc(-c3cccc(C(F)(F)F)c3)n21. The molecular formula is C20H16ClF3N4O. The van der Waals surface area contributed by atoms with Crippen LogP contribution < -0.4 is 5.32 Å². The summed E-state index contributed by atoms with van der Waals surface area (Å²) < 4.78 is 40.8. The highest BCUT2D eigenvalue weighted by Crippen LogP contribution is 2.35. The largest absolute Gasteiger partial charge is 0.416 e. The minimum absolute atomic E-state index is 0.230. The molecule has 1 amide bonds. The third kappa shape index (κ3) is 3.98. The summed E-state index contributed by atoms with van der Waals surface area (Å²) in [5.41, 5.74) is 0.396. The maximum absolute atomic E-state index is 13.1. The molecule has 3 aromatic rings. The lowest BCUT2D eigenvalue weighted by Crippen LogP contribution is -2.31. The van der Waals surface area contributed by atoms with Gasteiger partial charge in [0.15, 0.2) is 5.82 Å². The molecule has 0 saturated heterocycles. The molecule has 1 atom stereocenters. The third-order valence-corrected chi connectivity index (χ3v) is 5.10. The van der Waals surface area contributed by atoms with E-state index in [0.717, 1.165) is 17.7 Å². The summed E-state index contributed by atoms with van der Waals surface area (Å²) in [6.45, 7) is 0.322. The molecule has 2 aromatic carbocycles. The van der Waals surface area contributed by atoms with E-state index in [-0.39, 0.29) is 17.3 Å². The fourth-order valence-electron chi connectivity index (χ4n) is 3.41. The molecule has 0 fully saturated rings. The van der Waals surface area contributed by atoms with Crippen molar-refractivity contribution in [3.8, 4) is 11.4 Å². The van der Waals surface area contributed by atoms with Crippen molar-refractivity contribution in [3.05, 3.63) is 70.5 Å². The van der Waals surface area contributed by atoms with Gasteiger partial charge >= 0.3 is 6.18 Å². The van der Waals surface area contributed by atoms with Crippen LogP contribution in [-0.4, -0.2) is 20.7 Å². The van der Waals surface area contributed by atoms with Gasteiger partial charge in [0.1, 0.15) is 11.9 Å². The number of benzene rings is 2. The topological polar surface area (TPSA) is 59.8 Å². The van der Waals surface area contributed by atoms with Crippen molar-refractivity contribution in [2.75, 3.05) is 0 Å². The Morgan fingerprint density at radius 3 is 2.66 bits per heavy atom. The highest BCUT2D eigenvalue weighted by molar-refractivity contribution is 6.30. The number of halogens is 4. The molecule has 1 aromatic heterocycles. The van der Waals surface area contributed by atoms with E-state index in [2.05, 4.69) is 15.5 Å². The minimum Gasteiger partial charge on any atom is -0.350 e. The number of amides is 1. The zero-order valence-electron chi connectivity index (χ0n) is 15.1. The molecule has 9 heteroatoms. The Morgan fingerprint density at radius 2 is 1.93 bits per heavy atom. The summed E-state index contributed by atoms with van der Waals surface area (Å²) >= 11 is 5.86. The highest BCUT2D eigenvalue weighted by atomic mass is 35.5. The molecular weight excluding hydrogens is 405 g/mol. The Kier molecular flexibility index (Phi) is 5.04. The molecule has 1 aliphatic heterocycles. The van der Waals surface area contributed by atoms with E-state index < -0.39 is 17.8 Å². The Labute approximate surface area is 169 Å². The predicted octanol–water partition coefficient (Wildman–Crippen LogP) is 4.42. The van der Waals surface area contributed by atoms with E-state index in [4.69, 9.17) is 11.6 Å². The molecule has 0 aliphatic carbocycles. The zero-order chi connectivity index (χ0) is 20.6. The number of hydrogen-bond donors (Lipinski definition) is 1. The Hall–Kier alpha value is -2.87. The van der Waals surface area contributed by atoms with Gasteiger partial charge < -0.3 is 5.32 Å². The van der Waals surface area contributed by atoms with Crippen LogP contribution in [0.15, 0.2) is 48.5 Å². The summed E-state index contributed by atoms with van der Waals surface area (Å²) in [5, 5.41) is 11.6. The number of nitrogens with zero attached hydrogens (tertiary/aromatic N) is 3. The number of aromatic nitrogens is 3. The van der Waals surface area contributed by atoms with Gasteiger partial charge in [-0.25, -0.2) is 0 Å². The van der Waals surface area contributed by atoms with Gasteiger partial charge in [-0.05, 0) is 36.2 Å². The van der Waals surface area contributed by atoms with Crippen LogP contribution >= 0.6 is 11.6 Å². The predicted molar refractivity (Wildman–Crippen MR) is 101 cm³/mol. The van der Waals surface area contributed by atoms with Gasteiger partial charge in [0.05, 0.1) is 5.56 Å². The van der Waals surface area contributed by atoms with Crippen LogP contribution in [0.25, 0.3) is 11.4 Å². The molecule has 0 spiro atoms. The van der Waals surface area contributed by atoms with Crippen molar-refractivity contribution in [1.82, 2.24) is 20.1 Å². The smallest absolute Gasteiger partial charge is 0.350 e. The summed E-state index contributed by atoms with van der Waals surface area (Å²) in [6, 6.07) is 11.4. The second kappa shape index (κ2) is 7.51. The van der Waals surface area contributed by atoms with Gasteiger partial charge in [-0.1, -0.05) is 35.9 Å². The Bertz CT molecular complexity index is 1050. The first-order valence-electron chi connectivity index (χ1n) is 8.96.